The van der Waals surface area contributed by atoms with Crippen LogP contribution in [0.25, 0.3) is 33.4 Å². The van der Waals surface area contributed by atoms with Crippen LogP contribution in [0.2, 0.25) is 0 Å². The third-order valence-corrected chi connectivity index (χ3v) is 17.5. The van der Waals surface area contributed by atoms with E-state index >= 15 is 0 Å². The molecule has 0 bridgehead atoms. The Bertz CT molecular complexity index is 4150. The molecule has 10 aromatic rings. The van der Waals surface area contributed by atoms with Crippen molar-refractivity contribution in [3.05, 3.63) is 205 Å². The van der Waals surface area contributed by atoms with E-state index in [-0.39, 0.29) is 12.1 Å². The molecule has 12 heteroatoms. The smallest absolute Gasteiger partial charge is 0.252 e. The Morgan fingerprint density at radius 1 is 0.337 bits per heavy atom. The van der Waals surface area contributed by atoms with Crippen molar-refractivity contribution in [2.45, 2.75) is 19.3 Å². The van der Waals surface area contributed by atoms with Crippen LogP contribution in [0.1, 0.15) is 25.0 Å². The highest BCUT2D eigenvalue weighted by atomic mass is 16.6. The first-order valence-corrected chi connectivity index (χ1v) is 28.6. The second-order valence-electron chi connectivity index (χ2n) is 22.5. The van der Waals surface area contributed by atoms with Crippen molar-refractivity contribution in [3.8, 4) is 79.4 Å². The average molecular weight is 1090 g/mol. The second kappa shape index (κ2) is 18.6. The summed E-state index contributed by atoms with van der Waals surface area (Å²) in [4.78, 5) is 7.11. The molecule has 0 unspecified atom stereocenters. The quantitative estimate of drug-likeness (QED) is 0.143. The third kappa shape index (κ3) is 7.58. The Morgan fingerprint density at radius 2 is 0.759 bits per heavy atom. The number of benzene rings is 10. The molecule has 0 N–H and O–H groups in total. The lowest BCUT2D eigenvalue weighted by Crippen LogP contribution is -2.61. The van der Waals surface area contributed by atoms with Crippen LogP contribution in [-0.4, -0.2) is 59.6 Å². The largest absolute Gasteiger partial charge is 0.486 e. The molecule has 7 aliphatic rings. The fourth-order valence-corrected chi connectivity index (χ4v) is 13.6. The highest BCUT2D eigenvalue weighted by molar-refractivity contribution is 7.00. The Morgan fingerprint density at radius 3 is 1.29 bits per heavy atom. The SMILES string of the molecule is CC1(C)c2ccccc2-c2ccc(N(c3ccc(-c4ccccc4)cc3)c3ccc(-c4cc5c6c(c4)N(c4ccc7c(c4)OCCO7)c4cc7c(cc4B6c4cc6c(cc4N5c4ccc5c(c4)OCCO5)OCCO6)OCCO7)cc3)cc21. The van der Waals surface area contributed by atoms with Gasteiger partial charge in [-0.3, -0.25) is 0 Å². The maximum atomic E-state index is 6.42. The van der Waals surface area contributed by atoms with Gasteiger partial charge in [0.1, 0.15) is 52.9 Å². The highest BCUT2D eigenvalue weighted by Gasteiger charge is 2.46. The minimum absolute atomic E-state index is 0.177. The van der Waals surface area contributed by atoms with Gasteiger partial charge in [-0.1, -0.05) is 98.8 Å². The lowest BCUT2D eigenvalue weighted by Gasteiger charge is -2.45. The predicted octanol–water partition coefficient (Wildman–Crippen LogP) is 14.0. The van der Waals surface area contributed by atoms with Crippen LogP contribution in [0.3, 0.4) is 0 Å². The molecule has 0 spiro atoms. The molecule has 0 fully saturated rings. The van der Waals surface area contributed by atoms with E-state index < -0.39 is 0 Å². The third-order valence-electron chi connectivity index (χ3n) is 17.5. The van der Waals surface area contributed by atoms with E-state index in [1.165, 1.54) is 27.8 Å². The van der Waals surface area contributed by atoms with E-state index in [2.05, 4.69) is 211 Å². The van der Waals surface area contributed by atoms with Gasteiger partial charge in [0.05, 0.1) is 11.4 Å². The molecular formula is C71H54BN3O8. The number of hydrogen-bond donors (Lipinski definition) is 0. The molecule has 0 saturated carbocycles. The van der Waals surface area contributed by atoms with Crippen molar-refractivity contribution >= 4 is 74.3 Å². The van der Waals surface area contributed by atoms with E-state index in [0.29, 0.717) is 98.9 Å². The van der Waals surface area contributed by atoms with E-state index in [0.717, 1.165) is 84.3 Å². The van der Waals surface area contributed by atoms with Crippen LogP contribution >= 0.6 is 0 Å². The molecule has 11 nitrogen and oxygen atoms in total. The number of rotatable bonds is 7. The number of ether oxygens (including phenoxy) is 8. The molecule has 83 heavy (non-hydrogen) atoms. The molecular weight excluding hydrogens is 1030 g/mol. The van der Waals surface area contributed by atoms with E-state index in [1.54, 1.807) is 0 Å². The first kappa shape index (κ1) is 47.8. The zero-order valence-corrected chi connectivity index (χ0v) is 45.8. The fourth-order valence-electron chi connectivity index (χ4n) is 13.6. The van der Waals surface area contributed by atoms with E-state index in [4.69, 9.17) is 37.9 Å². The molecule has 10 aromatic carbocycles. The average Bonchev–Trinajstić information content (AvgIpc) is 2.25. The summed E-state index contributed by atoms with van der Waals surface area (Å²) in [5.74, 6) is 5.63. The lowest BCUT2D eigenvalue weighted by molar-refractivity contribution is 0.171. The Hall–Kier alpha value is -9.94. The van der Waals surface area contributed by atoms with Crippen LogP contribution in [-0.2, 0) is 5.41 Å². The summed E-state index contributed by atoms with van der Waals surface area (Å²) < 4.78 is 50.6. The van der Waals surface area contributed by atoms with Crippen LogP contribution < -0.4 is 69.0 Å². The van der Waals surface area contributed by atoms with E-state index in [9.17, 15) is 0 Å². The van der Waals surface area contributed by atoms with Crippen molar-refractivity contribution in [3.63, 3.8) is 0 Å². The first-order valence-electron chi connectivity index (χ1n) is 28.6. The summed E-state index contributed by atoms with van der Waals surface area (Å²) >= 11 is 0. The molecule has 0 saturated heterocycles. The summed E-state index contributed by atoms with van der Waals surface area (Å²) in [5.41, 5.74) is 21.6. The number of hydrogen-bond acceptors (Lipinski definition) is 11. The molecule has 17 rings (SSSR count). The highest BCUT2D eigenvalue weighted by Crippen LogP contribution is 2.54. The van der Waals surface area contributed by atoms with Gasteiger partial charge in [-0.05, 0) is 146 Å². The molecule has 1 aliphatic carbocycles. The van der Waals surface area contributed by atoms with Crippen molar-refractivity contribution in [2.24, 2.45) is 0 Å². The van der Waals surface area contributed by atoms with Crippen LogP contribution in [0, 0.1) is 0 Å². The van der Waals surface area contributed by atoms with Crippen molar-refractivity contribution in [1.82, 2.24) is 0 Å². The molecule has 0 aromatic heterocycles. The van der Waals surface area contributed by atoms with E-state index in [1.807, 2.05) is 12.1 Å². The van der Waals surface area contributed by atoms with Gasteiger partial charge in [0.25, 0.3) is 6.71 Å². The summed E-state index contributed by atoms with van der Waals surface area (Å²) in [6.07, 6.45) is 0. The topological polar surface area (TPSA) is 83.6 Å². The van der Waals surface area contributed by atoms with Gasteiger partial charge >= 0.3 is 0 Å². The fraction of sp³-hybridized carbons (Fsp3) is 0.155. The molecule has 6 aliphatic heterocycles. The van der Waals surface area contributed by atoms with Crippen LogP contribution in [0.5, 0.6) is 46.0 Å². The summed E-state index contributed by atoms with van der Waals surface area (Å²) in [6, 6.07) is 70.2. The lowest BCUT2D eigenvalue weighted by atomic mass is 9.33. The second-order valence-corrected chi connectivity index (χ2v) is 22.5. The molecule has 0 radical (unpaired) electrons. The normalized spacial score (nSPS) is 15.8. The van der Waals surface area contributed by atoms with Gasteiger partial charge in [0, 0.05) is 69.5 Å². The summed E-state index contributed by atoms with van der Waals surface area (Å²) in [5, 5.41) is 0. The van der Waals surface area contributed by atoms with Crippen molar-refractivity contribution in [1.29, 1.82) is 0 Å². The van der Waals surface area contributed by atoms with Crippen molar-refractivity contribution in [2.75, 3.05) is 67.6 Å². The first-order chi connectivity index (χ1) is 40.9. The molecule has 6 heterocycles. The zero-order valence-electron chi connectivity index (χ0n) is 45.8. The molecule has 0 amide bonds. The summed E-state index contributed by atoms with van der Waals surface area (Å²) in [7, 11) is 0. The van der Waals surface area contributed by atoms with Crippen molar-refractivity contribution < 1.29 is 37.9 Å². The van der Waals surface area contributed by atoms with Crippen LogP contribution in [0.4, 0.5) is 51.2 Å². The van der Waals surface area contributed by atoms with Gasteiger partial charge in [-0.2, -0.15) is 0 Å². The Balaban J connectivity index is 0.877. The maximum Gasteiger partial charge on any atom is 0.252 e. The molecule has 0 atom stereocenters. The molecule has 404 valence electrons. The monoisotopic (exact) mass is 1090 g/mol. The van der Waals surface area contributed by atoms with Gasteiger partial charge in [0.2, 0.25) is 0 Å². The zero-order chi connectivity index (χ0) is 54.9. The Kier molecular flexibility index (Phi) is 10.7. The minimum atomic E-state index is -0.276. The Labute approximate surface area is 481 Å². The summed E-state index contributed by atoms with van der Waals surface area (Å²) in [6.45, 7) is 8.13. The van der Waals surface area contributed by atoms with Gasteiger partial charge in [0.15, 0.2) is 46.0 Å². The van der Waals surface area contributed by atoms with Gasteiger partial charge in [-0.15, -0.1) is 0 Å². The number of anilines is 9. The number of fused-ring (bicyclic) bond motifs is 11. The standard InChI is InChI=1S/C71H54BN3O8/c1-71(2)54-11-7-6-10-52(54)53-23-20-49(36-55(53)71)73(47-16-12-44(13-17-47)43-8-4-3-5-9-43)48-18-14-45(15-19-48)46-34-60-70-61(35-46)75(51-22-25-63-65(38-51)79-29-27-77-63)59-42-69-67(81-31-33-83-69)40-57(59)72(70)56-39-66-68(82-32-30-80-66)41-58(56)74(60)50-21-24-62-64(37-50)78-28-26-76-62/h3-25,34-42H,26-33H2,1-2H3. The maximum absolute atomic E-state index is 6.42. The minimum Gasteiger partial charge on any atom is -0.486 e. The van der Waals surface area contributed by atoms with Gasteiger partial charge < -0.3 is 52.6 Å². The van der Waals surface area contributed by atoms with Crippen LogP contribution in [0.15, 0.2) is 194 Å². The number of nitrogens with zero attached hydrogens (tertiary/aromatic N) is 3. The van der Waals surface area contributed by atoms with Gasteiger partial charge in [-0.25, -0.2) is 0 Å². The predicted molar refractivity (Wildman–Crippen MR) is 328 cm³/mol.